The van der Waals surface area contributed by atoms with E-state index in [0.29, 0.717) is 6.42 Å². The molecule has 0 bridgehead atoms. The first kappa shape index (κ1) is 17.0. The molecule has 0 aliphatic heterocycles. The first-order valence-corrected chi connectivity index (χ1v) is 8.58. The molecule has 3 rings (SSSR count). The molecule has 25 heavy (non-hydrogen) atoms. The normalized spacial score (nSPS) is 10.4. The molecule has 0 fully saturated rings. The van der Waals surface area contributed by atoms with Crippen LogP contribution in [0.25, 0.3) is 0 Å². The van der Waals surface area contributed by atoms with Gasteiger partial charge in [0.2, 0.25) is 5.91 Å². The lowest BCUT2D eigenvalue weighted by Crippen LogP contribution is -2.25. The van der Waals surface area contributed by atoms with Gasteiger partial charge in [0.05, 0.1) is 0 Å². The number of aryl methyl sites for hydroxylation is 1. The van der Waals surface area contributed by atoms with Crippen molar-refractivity contribution in [1.82, 2.24) is 0 Å². The average Bonchev–Trinajstić information content (AvgIpc) is 2.65. The molecule has 1 amide bonds. The quantitative estimate of drug-likeness (QED) is 0.580. The highest BCUT2D eigenvalue weighted by molar-refractivity contribution is 6.00. The van der Waals surface area contributed by atoms with Gasteiger partial charge in [0, 0.05) is 17.8 Å². The number of nitrogens with zero attached hydrogens (tertiary/aromatic N) is 1. The molecule has 0 saturated carbocycles. The Balaban J connectivity index is 1.74. The van der Waals surface area contributed by atoms with E-state index in [2.05, 4.69) is 19.1 Å². The fraction of sp³-hybridized carbons (Fsp3) is 0.130. The van der Waals surface area contributed by atoms with E-state index in [1.54, 1.807) is 4.90 Å². The largest absolute Gasteiger partial charge is 0.281 e. The highest BCUT2D eigenvalue weighted by Gasteiger charge is 2.17. The van der Waals surface area contributed by atoms with Gasteiger partial charge in [0.1, 0.15) is 0 Å². The number of para-hydroxylation sites is 1. The molecule has 3 aromatic rings. The summed E-state index contributed by atoms with van der Waals surface area (Å²) in [5.74, 6) is 0.110. The number of hydrogen-bond acceptors (Lipinski definition) is 1. The number of carbonyl (C=O) groups is 1. The predicted molar refractivity (Wildman–Crippen MR) is 104 cm³/mol. The van der Waals surface area contributed by atoms with Crippen LogP contribution in [0.1, 0.15) is 24.0 Å². The Morgan fingerprint density at radius 1 is 0.760 bits per heavy atom. The van der Waals surface area contributed by atoms with Crippen molar-refractivity contribution in [2.45, 2.75) is 19.3 Å². The molecule has 125 valence electrons. The number of benzene rings is 3. The first-order chi connectivity index (χ1) is 12.2. The molecule has 0 unspecified atom stereocenters. The number of anilines is 2. The van der Waals surface area contributed by atoms with E-state index in [1.165, 1.54) is 5.56 Å². The van der Waals surface area contributed by atoms with E-state index in [-0.39, 0.29) is 5.91 Å². The second-order valence-electron chi connectivity index (χ2n) is 6.07. The summed E-state index contributed by atoms with van der Waals surface area (Å²) in [4.78, 5) is 14.7. The minimum absolute atomic E-state index is 0.110. The number of carbonyl (C=O) groups excluding carboxylic acids is 1. The zero-order chi connectivity index (χ0) is 17.5. The molecule has 0 spiro atoms. The lowest BCUT2D eigenvalue weighted by atomic mass is 10.1. The third kappa shape index (κ3) is 4.57. The topological polar surface area (TPSA) is 20.3 Å². The maximum atomic E-state index is 12.9. The third-order valence-electron chi connectivity index (χ3n) is 4.16. The van der Waals surface area contributed by atoms with Crippen molar-refractivity contribution in [1.29, 1.82) is 0 Å². The Kier molecular flexibility index (Phi) is 5.63. The summed E-state index contributed by atoms with van der Waals surface area (Å²) in [5, 5.41) is 0. The summed E-state index contributed by atoms with van der Waals surface area (Å²) in [6.45, 7) is 3.92. The van der Waals surface area contributed by atoms with Crippen molar-refractivity contribution in [2.75, 3.05) is 4.90 Å². The Morgan fingerprint density at radius 2 is 1.32 bits per heavy atom. The molecule has 0 N–H and O–H groups in total. The van der Waals surface area contributed by atoms with Crippen LogP contribution < -0.4 is 4.90 Å². The van der Waals surface area contributed by atoms with Crippen LogP contribution in [0, 0.1) is 6.92 Å². The molecule has 0 heterocycles. The molecule has 0 aliphatic carbocycles. The van der Waals surface area contributed by atoms with Crippen LogP contribution in [0.5, 0.6) is 0 Å². The van der Waals surface area contributed by atoms with E-state index >= 15 is 0 Å². The summed E-state index contributed by atoms with van der Waals surface area (Å²) < 4.78 is 0. The van der Waals surface area contributed by atoms with E-state index in [9.17, 15) is 4.79 Å². The van der Waals surface area contributed by atoms with Crippen LogP contribution in [0.4, 0.5) is 11.4 Å². The zero-order valence-corrected chi connectivity index (χ0v) is 14.3. The van der Waals surface area contributed by atoms with Gasteiger partial charge in [0.15, 0.2) is 0 Å². The van der Waals surface area contributed by atoms with Crippen molar-refractivity contribution in [2.24, 2.45) is 0 Å². The molecule has 2 nitrogen and oxygen atoms in total. The Morgan fingerprint density at radius 3 is 1.96 bits per heavy atom. The molecular formula is C23H22NO. The van der Waals surface area contributed by atoms with Crippen LogP contribution in [0.3, 0.4) is 0 Å². The van der Waals surface area contributed by atoms with Gasteiger partial charge in [-0.2, -0.15) is 0 Å². The first-order valence-electron chi connectivity index (χ1n) is 8.58. The predicted octanol–water partition coefficient (Wildman–Crippen LogP) is 5.56. The highest BCUT2D eigenvalue weighted by atomic mass is 16.2. The average molecular weight is 328 g/mol. The molecule has 3 aromatic carbocycles. The molecule has 0 atom stereocenters. The van der Waals surface area contributed by atoms with Crippen molar-refractivity contribution in [3.05, 3.63) is 103 Å². The van der Waals surface area contributed by atoms with E-state index in [1.807, 2.05) is 72.8 Å². The Labute approximate surface area is 149 Å². The van der Waals surface area contributed by atoms with Gasteiger partial charge in [0.25, 0.3) is 0 Å². The molecule has 2 heteroatoms. The lowest BCUT2D eigenvalue weighted by Gasteiger charge is -2.23. The van der Waals surface area contributed by atoms with Crippen LogP contribution in [0.15, 0.2) is 84.9 Å². The molecule has 1 radical (unpaired) electrons. The van der Waals surface area contributed by atoms with Crippen LogP contribution in [-0.2, 0) is 11.2 Å². The fourth-order valence-electron chi connectivity index (χ4n) is 2.86. The van der Waals surface area contributed by atoms with Gasteiger partial charge >= 0.3 is 0 Å². The minimum atomic E-state index is 0.110. The van der Waals surface area contributed by atoms with Crippen molar-refractivity contribution in [3.63, 3.8) is 0 Å². The van der Waals surface area contributed by atoms with Gasteiger partial charge < -0.3 is 0 Å². The smallest absolute Gasteiger partial charge is 0.231 e. The van der Waals surface area contributed by atoms with Crippen LogP contribution in [0.2, 0.25) is 0 Å². The number of hydrogen-bond donors (Lipinski definition) is 0. The van der Waals surface area contributed by atoms with Gasteiger partial charge in [-0.15, -0.1) is 0 Å². The molecule has 0 saturated heterocycles. The van der Waals surface area contributed by atoms with Crippen molar-refractivity contribution >= 4 is 17.3 Å². The number of amides is 1. The minimum Gasteiger partial charge on any atom is -0.281 e. The van der Waals surface area contributed by atoms with E-state index in [0.717, 1.165) is 29.8 Å². The summed E-state index contributed by atoms with van der Waals surface area (Å²) >= 11 is 0. The molecule has 0 aliphatic rings. The zero-order valence-electron chi connectivity index (χ0n) is 14.3. The number of rotatable bonds is 6. The van der Waals surface area contributed by atoms with Crippen LogP contribution >= 0.6 is 0 Å². The summed E-state index contributed by atoms with van der Waals surface area (Å²) in [6, 6.07) is 27.9. The van der Waals surface area contributed by atoms with Gasteiger partial charge in [-0.25, -0.2) is 0 Å². The lowest BCUT2D eigenvalue weighted by molar-refractivity contribution is -0.118. The molecular weight excluding hydrogens is 306 g/mol. The Bertz CT molecular complexity index is 795. The second kappa shape index (κ2) is 8.29. The standard InChI is InChI=1S/C23H22NO/c1-19-15-17-22(18-16-19)24(21-12-6-3-7-13-21)23(25)14-8-11-20-9-4-2-5-10-20/h2-7,9-10,12-13,15-18H,1,8,11,14H2. The third-order valence-corrected chi connectivity index (χ3v) is 4.16. The maximum absolute atomic E-state index is 12.9. The van der Waals surface area contributed by atoms with E-state index in [4.69, 9.17) is 0 Å². The maximum Gasteiger partial charge on any atom is 0.231 e. The molecule has 0 aromatic heterocycles. The van der Waals surface area contributed by atoms with Crippen molar-refractivity contribution in [3.8, 4) is 0 Å². The van der Waals surface area contributed by atoms with E-state index < -0.39 is 0 Å². The van der Waals surface area contributed by atoms with Gasteiger partial charge in [-0.1, -0.05) is 60.7 Å². The highest BCUT2D eigenvalue weighted by Crippen LogP contribution is 2.27. The van der Waals surface area contributed by atoms with Crippen LogP contribution in [-0.4, -0.2) is 5.91 Å². The SMILES string of the molecule is [CH2]c1ccc(N(C(=O)CCCc2ccccc2)c2ccccc2)cc1. The Hall–Kier alpha value is -2.87. The van der Waals surface area contributed by atoms with Gasteiger partial charge in [-0.3, -0.25) is 9.69 Å². The monoisotopic (exact) mass is 328 g/mol. The summed E-state index contributed by atoms with van der Waals surface area (Å²) in [6.07, 6.45) is 2.25. The summed E-state index contributed by atoms with van der Waals surface area (Å²) in [5.41, 5.74) is 3.98. The van der Waals surface area contributed by atoms with Crippen molar-refractivity contribution < 1.29 is 4.79 Å². The second-order valence-corrected chi connectivity index (χ2v) is 6.07. The van der Waals surface area contributed by atoms with Gasteiger partial charge in [-0.05, 0) is 55.2 Å². The summed E-state index contributed by atoms with van der Waals surface area (Å²) in [7, 11) is 0. The fourth-order valence-corrected chi connectivity index (χ4v) is 2.86.